The number of anilines is 2. The molecular formula is C22H23ClN4O2S2. The summed E-state index contributed by atoms with van der Waals surface area (Å²) in [6, 6.07) is 10.0. The lowest BCUT2D eigenvalue weighted by Gasteiger charge is -2.10. The number of aromatic nitrogens is 2. The molecule has 2 heterocycles. The number of methoxy groups -OCH3 is 1. The number of carbonyl (C=O) groups excluding carboxylic acids is 1. The van der Waals surface area contributed by atoms with Crippen molar-refractivity contribution in [1.82, 2.24) is 9.78 Å². The van der Waals surface area contributed by atoms with Crippen LogP contribution in [0, 0.1) is 0 Å². The van der Waals surface area contributed by atoms with Crippen molar-refractivity contribution in [2.45, 2.75) is 38.6 Å². The summed E-state index contributed by atoms with van der Waals surface area (Å²) >= 11 is 13.4. The molecule has 1 aromatic carbocycles. The second-order valence-corrected chi connectivity index (χ2v) is 9.27. The summed E-state index contributed by atoms with van der Waals surface area (Å²) in [7, 11) is 1.41. The van der Waals surface area contributed by atoms with Gasteiger partial charge in [0.1, 0.15) is 10.0 Å². The number of fused-ring (bicyclic) bond motifs is 1. The van der Waals surface area contributed by atoms with E-state index in [4.69, 9.17) is 28.6 Å². The molecule has 4 rings (SSSR count). The summed E-state index contributed by atoms with van der Waals surface area (Å²) in [6.07, 6.45) is 6.99. The molecule has 3 aromatic rings. The van der Waals surface area contributed by atoms with Crippen molar-refractivity contribution in [1.29, 1.82) is 0 Å². The summed E-state index contributed by atoms with van der Waals surface area (Å²) in [6.45, 7) is 0.604. The Labute approximate surface area is 195 Å². The average molecular weight is 475 g/mol. The first-order valence-electron chi connectivity index (χ1n) is 10.1. The summed E-state index contributed by atoms with van der Waals surface area (Å²) in [4.78, 5) is 13.7. The highest BCUT2D eigenvalue weighted by Gasteiger charge is 2.26. The molecule has 0 aliphatic heterocycles. The van der Waals surface area contributed by atoms with E-state index in [0.717, 1.165) is 36.8 Å². The number of hydrogen-bond donors (Lipinski definition) is 2. The minimum Gasteiger partial charge on any atom is -0.465 e. The van der Waals surface area contributed by atoms with Gasteiger partial charge in [0.15, 0.2) is 10.9 Å². The Balaban J connectivity index is 1.50. The largest absolute Gasteiger partial charge is 0.465 e. The number of aryl methyl sites for hydroxylation is 1. The van der Waals surface area contributed by atoms with Crippen LogP contribution in [-0.4, -0.2) is 28.0 Å². The van der Waals surface area contributed by atoms with Crippen LogP contribution in [0.3, 0.4) is 0 Å². The highest BCUT2D eigenvalue weighted by molar-refractivity contribution is 7.80. The third-order valence-corrected chi connectivity index (χ3v) is 6.86. The topological polar surface area (TPSA) is 68.2 Å². The van der Waals surface area contributed by atoms with E-state index in [-0.39, 0.29) is 5.97 Å². The number of ether oxygens (including phenoxy) is 1. The molecule has 0 fully saturated rings. The molecule has 0 unspecified atom stereocenters. The number of esters is 1. The highest BCUT2D eigenvalue weighted by atomic mass is 35.5. The fourth-order valence-electron chi connectivity index (χ4n) is 3.72. The monoisotopic (exact) mass is 474 g/mol. The standard InChI is InChI=1S/C22H23ClN4O2S2/c1-29-21(28)18-15-10-6-3-7-11-17(15)31-20(18)25-22(30)24-19-16(23)13-27(26-19)12-14-8-4-2-5-9-14/h2,4-5,8-9,13H,3,6-7,10-12H2,1H3,(H2,24,25,26,30). The van der Waals surface area contributed by atoms with Crippen LogP contribution in [0.15, 0.2) is 36.5 Å². The SMILES string of the molecule is COC(=O)c1c(NC(=S)Nc2nn(Cc3ccccc3)cc2Cl)sc2c1CCCCC2. The Morgan fingerprint density at radius 2 is 2.00 bits per heavy atom. The van der Waals surface area contributed by atoms with Gasteiger partial charge in [0, 0.05) is 11.1 Å². The Bertz CT molecular complexity index is 1090. The lowest BCUT2D eigenvalue weighted by Crippen LogP contribution is -2.21. The molecule has 1 aliphatic rings. The van der Waals surface area contributed by atoms with E-state index in [1.54, 1.807) is 22.2 Å². The second-order valence-electron chi connectivity index (χ2n) is 7.35. The van der Waals surface area contributed by atoms with E-state index in [9.17, 15) is 4.79 Å². The molecule has 2 aromatic heterocycles. The molecule has 0 atom stereocenters. The molecule has 0 spiro atoms. The van der Waals surface area contributed by atoms with Crippen molar-refractivity contribution in [2.75, 3.05) is 17.7 Å². The van der Waals surface area contributed by atoms with Crippen LogP contribution in [0.4, 0.5) is 10.8 Å². The van der Waals surface area contributed by atoms with Crippen LogP contribution in [0.1, 0.15) is 45.6 Å². The number of carbonyl (C=O) groups is 1. The van der Waals surface area contributed by atoms with E-state index in [0.29, 0.717) is 33.1 Å². The van der Waals surface area contributed by atoms with Gasteiger partial charge in [-0.15, -0.1) is 11.3 Å². The number of halogens is 1. The van der Waals surface area contributed by atoms with Gasteiger partial charge in [0.05, 0.1) is 19.2 Å². The molecule has 0 saturated heterocycles. The number of nitrogens with zero attached hydrogens (tertiary/aromatic N) is 2. The van der Waals surface area contributed by atoms with E-state index in [2.05, 4.69) is 15.7 Å². The zero-order valence-corrected chi connectivity index (χ0v) is 19.5. The van der Waals surface area contributed by atoms with E-state index >= 15 is 0 Å². The number of rotatable bonds is 5. The van der Waals surface area contributed by atoms with Crippen molar-refractivity contribution in [3.05, 3.63) is 63.1 Å². The quantitative estimate of drug-likeness (QED) is 0.288. The fourth-order valence-corrected chi connectivity index (χ4v) is 5.47. The van der Waals surface area contributed by atoms with Crippen molar-refractivity contribution in [2.24, 2.45) is 0 Å². The van der Waals surface area contributed by atoms with Gasteiger partial charge in [-0.3, -0.25) is 4.68 Å². The van der Waals surface area contributed by atoms with E-state index in [1.807, 2.05) is 30.3 Å². The van der Waals surface area contributed by atoms with Gasteiger partial charge < -0.3 is 15.4 Å². The molecule has 6 nitrogen and oxygen atoms in total. The highest BCUT2D eigenvalue weighted by Crippen LogP contribution is 2.38. The first kappa shape index (κ1) is 21.8. The zero-order chi connectivity index (χ0) is 21.8. The maximum atomic E-state index is 12.5. The Kier molecular flexibility index (Phi) is 6.89. The first-order valence-corrected chi connectivity index (χ1v) is 11.7. The van der Waals surface area contributed by atoms with Gasteiger partial charge in [-0.25, -0.2) is 4.79 Å². The van der Waals surface area contributed by atoms with Gasteiger partial charge in [0.2, 0.25) is 0 Å². The van der Waals surface area contributed by atoms with Crippen LogP contribution in [0.25, 0.3) is 0 Å². The zero-order valence-electron chi connectivity index (χ0n) is 17.1. The van der Waals surface area contributed by atoms with E-state index < -0.39 is 0 Å². The average Bonchev–Trinajstić information content (AvgIpc) is 3.17. The third-order valence-electron chi connectivity index (χ3n) is 5.17. The lowest BCUT2D eigenvalue weighted by molar-refractivity contribution is 0.0601. The Hall–Kier alpha value is -2.42. The summed E-state index contributed by atoms with van der Waals surface area (Å²) in [5.41, 5.74) is 2.80. The normalized spacial score (nSPS) is 13.2. The molecule has 0 saturated carbocycles. The number of nitrogens with one attached hydrogen (secondary N) is 2. The van der Waals surface area contributed by atoms with Crippen molar-refractivity contribution < 1.29 is 9.53 Å². The fraction of sp³-hybridized carbons (Fsp3) is 0.318. The van der Waals surface area contributed by atoms with Crippen LogP contribution >= 0.6 is 35.2 Å². The molecule has 0 bridgehead atoms. The summed E-state index contributed by atoms with van der Waals surface area (Å²) < 4.78 is 6.81. The predicted molar refractivity (Wildman–Crippen MR) is 130 cm³/mol. The number of thiocarbonyl (C=S) groups is 1. The molecule has 2 N–H and O–H groups in total. The Morgan fingerprint density at radius 3 is 2.77 bits per heavy atom. The molecule has 162 valence electrons. The molecule has 1 aliphatic carbocycles. The van der Waals surface area contributed by atoms with Gasteiger partial charge in [-0.2, -0.15) is 5.10 Å². The van der Waals surface area contributed by atoms with Crippen molar-refractivity contribution >= 4 is 57.1 Å². The smallest absolute Gasteiger partial charge is 0.341 e. The molecule has 0 amide bonds. The maximum absolute atomic E-state index is 12.5. The summed E-state index contributed by atoms with van der Waals surface area (Å²) in [5.74, 6) is 0.128. The number of benzene rings is 1. The second kappa shape index (κ2) is 9.80. The first-order chi connectivity index (χ1) is 15.0. The number of thiophene rings is 1. The minimum absolute atomic E-state index is 0.327. The van der Waals surface area contributed by atoms with Gasteiger partial charge in [0.25, 0.3) is 0 Å². The van der Waals surface area contributed by atoms with Crippen LogP contribution in [0.2, 0.25) is 5.02 Å². The van der Waals surface area contributed by atoms with Gasteiger partial charge in [-0.1, -0.05) is 48.4 Å². The molecule has 0 radical (unpaired) electrons. The summed E-state index contributed by atoms with van der Waals surface area (Å²) in [5, 5.41) is 12.2. The maximum Gasteiger partial charge on any atom is 0.341 e. The molecular weight excluding hydrogens is 452 g/mol. The van der Waals surface area contributed by atoms with Crippen molar-refractivity contribution in [3.8, 4) is 0 Å². The van der Waals surface area contributed by atoms with Crippen LogP contribution < -0.4 is 10.6 Å². The predicted octanol–water partition coefficient (Wildman–Crippen LogP) is 5.51. The van der Waals surface area contributed by atoms with Crippen molar-refractivity contribution in [3.63, 3.8) is 0 Å². The van der Waals surface area contributed by atoms with E-state index in [1.165, 1.54) is 18.4 Å². The lowest BCUT2D eigenvalue weighted by atomic mass is 10.1. The van der Waals surface area contributed by atoms with Gasteiger partial charge in [-0.05, 0) is 49.0 Å². The third kappa shape index (κ3) is 5.08. The molecule has 9 heteroatoms. The van der Waals surface area contributed by atoms with Gasteiger partial charge >= 0.3 is 5.97 Å². The van der Waals surface area contributed by atoms with Crippen LogP contribution in [0.5, 0.6) is 0 Å². The molecule has 31 heavy (non-hydrogen) atoms. The van der Waals surface area contributed by atoms with Crippen LogP contribution in [-0.2, 0) is 24.1 Å². The minimum atomic E-state index is -0.338. The Morgan fingerprint density at radius 1 is 1.23 bits per heavy atom. The number of hydrogen-bond acceptors (Lipinski definition) is 5.